The summed E-state index contributed by atoms with van der Waals surface area (Å²) in [4.78, 5) is 28.0. The molecule has 2 aliphatic heterocycles. The minimum absolute atomic E-state index is 0.0303. The first-order valence-electron chi connectivity index (χ1n) is 8.85. The lowest BCUT2D eigenvalue weighted by atomic mass is 10.0. The van der Waals surface area contributed by atoms with E-state index in [1.54, 1.807) is 0 Å². The van der Waals surface area contributed by atoms with Gasteiger partial charge < -0.3 is 4.74 Å². The van der Waals surface area contributed by atoms with Gasteiger partial charge in [-0.2, -0.15) is 0 Å². The molecule has 0 saturated carbocycles. The minimum atomic E-state index is -0.188. The number of hydrogen-bond acceptors (Lipinski definition) is 4. The lowest BCUT2D eigenvalue weighted by Gasteiger charge is -2.19. The minimum Gasteiger partial charge on any atom is -0.376 e. The van der Waals surface area contributed by atoms with Crippen molar-refractivity contribution in [3.8, 4) is 0 Å². The Morgan fingerprint density at radius 3 is 2.56 bits per heavy atom. The van der Waals surface area contributed by atoms with E-state index in [4.69, 9.17) is 4.74 Å². The number of thioether (sulfide) groups is 1. The van der Waals surface area contributed by atoms with Crippen LogP contribution in [0.1, 0.15) is 43.4 Å². The summed E-state index contributed by atoms with van der Waals surface area (Å²) in [6, 6.07) is 5.96. The van der Waals surface area contributed by atoms with Crippen LogP contribution in [0.5, 0.6) is 0 Å². The number of carbonyl (C=O) groups is 2. The molecule has 1 fully saturated rings. The monoisotopic (exact) mass is 359 g/mol. The molecule has 1 atom stereocenters. The lowest BCUT2D eigenvalue weighted by Crippen LogP contribution is -2.38. The summed E-state index contributed by atoms with van der Waals surface area (Å²) in [5.41, 5.74) is 3.68. The molecule has 4 nitrogen and oxygen atoms in total. The van der Waals surface area contributed by atoms with Crippen LogP contribution < -0.4 is 0 Å². The summed E-state index contributed by atoms with van der Waals surface area (Å²) in [7, 11) is 0. The van der Waals surface area contributed by atoms with Crippen molar-refractivity contribution in [2.24, 2.45) is 0 Å². The van der Waals surface area contributed by atoms with Gasteiger partial charge in [0, 0.05) is 11.9 Å². The van der Waals surface area contributed by atoms with Gasteiger partial charge in [0.1, 0.15) is 0 Å². The van der Waals surface area contributed by atoms with Gasteiger partial charge in [0.15, 0.2) is 0 Å². The van der Waals surface area contributed by atoms with E-state index in [1.807, 2.05) is 45.9 Å². The highest BCUT2D eigenvalue weighted by atomic mass is 32.2. The van der Waals surface area contributed by atoms with E-state index in [0.717, 1.165) is 24.0 Å². The van der Waals surface area contributed by atoms with Gasteiger partial charge in [-0.15, -0.1) is 11.8 Å². The first-order valence-corrected chi connectivity index (χ1v) is 9.72. The lowest BCUT2D eigenvalue weighted by molar-refractivity contribution is -0.138. The molecule has 3 rings (SSSR count). The average molecular weight is 359 g/mol. The summed E-state index contributed by atoms with van der Waals surface area (Å²) in [6.07, 6.45) is 1.87. The van der Waals surface area contributed by atoms with E-state index in [1.165, 1.54) is 22.2 Å². The van der Waals surface area contributed by atoms with Gasteiger partial charge in [0.2, 0.25) is 0 Å². The zero-order valence-electron chi connectivity index (χ0n) is 15.3. The fourth-order valence-corrected chi connectivity index (χ4v) is 4.21. The summed E-state index contributed by atoms with van der Waals surface area (Å²) >= 11 is 1.48. The van der Waals surface area contributed by atoms with Crippen molar-refractivity contribution in [1.29, 1.82) is 0 Å². The Morgan fingerprint density at radius 2 is 1.96 bits per heavy atom. The van der Waals surface area contributed by atoms with Gasteiger partial charge >= 0.3 is 0 Å². The molecule has 2 amide bonds. The van der Waals surface area contributed by atoms with E-state index in [-0.39, 0.29) is 23.2 Å². The molecule has 1 aromatic carbocycles. The van der Waals surface area contributed by atoms with Crippen LogP contribution in [0.25, 0.3) is 5.57 Å². The molecular weight excluding hydrogens is 334 g/mol. The van der Waals surface area contributed by atoms with Crippen molar-refractivity contribution in [3.05, 3.63) is 39.8 Å². The largest absolute Gasteiger partial charge is 0.376 e. The fraction of sp³-hybridized carbons (Fsp3) is 0.500. The van der Waals surface area contributed by atoms with E-state index in [9.17, 15) is 9.59 Å². The first-order chi connectivity index (χ1) is 11.9. The van der Waals surface area contributed by atoms with Gasteiger partial charge in [0.05, 0.1) is 23.1 Å². The van der Waals surface area contributed by atoms with Gasteiger partial charge in [-0.1, -0.05) is 32.0 Å². The zero-order valence-corrected chi connectivity index (χ0v) is 16.1. The molecule has 0 N–H and O–H groups in total. The second kappa shape index (κ2) is 7.34. The number of carbonyl (C=O) groups excluding carboxylic acids is 2. The number of amides is 2. The second-order valence-corrected chi connectivity index (χ2v) is 8.61. The van der Waals surface area contributed by atoms with Crippen LogP contribution in [0.3, 0.4) is 0 Å². The van der Waals surface area contributed by atoms with Crippen LogP contribution in [0.2, 0.25) is 0 Å². The van der Waals surface area contributed by atoms with Crippen LogP contribution in [-0.4, -0.2) is 41.2 Å². The second-order valence-electron chi connectivity index (χ2n) is 7.03. The van der Waals surface area contributed by atoms with Gasteiger partial charge in [-0.05, 0) is 43.4 Å². The maximum absolute atomic E-state index is 13.1. The van der Waals surface area contributed by atoms with Crippen LogP contribution >= 0.6 is 11.8 Å². The Balaban J connectivity index is 1.97. The highest BCUT2D eigenvalue weighted by Crippen LogP contribution is 2.38. The number of imide groups is 1. The number of nitrogens with zero attached hydrogens (tertiary/aromatic N) is 1. The molecule has 2 aliphatic rings. The molecular formula is C20H25NO3S. The third kappa shape index (κ3) is 3.67. The SMILES string of the molecule is Cc1ccc(C2=C(SC(C)C)C(=O)N(CC3CCCO3)C2=O)cc1C. The van der Waals surface area contributed by atoms with Crippen molar-refractivity contribution >= 4 is 29.1 Å². The molecule has 0 spiro atoms. The molecule has 1 aromatic rings. The molecule has 1 unspecified atom stereocenters. The summed E-state index contributed by atoms with van der Waals surface area (Å²) < 4.78 is 5.63. The summed E-state index contributed by atoms with van der Waals surface area (Å²) in [5.74, 6) is -0.362. The Bertz CT molecular complexity index is 732. The van der Waals surface area contributed by atoms with E-state index in [2.05, 4.69) is 0 Å². The van der Waals surface area contributed by atoms with Crippen molar-refractivity contribution in [2.75, 3.05) is 13.2 Å². The van der Waals surface area contributed by atoms with Crippen molar-refractivity contribution in [2.45, 2.75) is 51.9 Å². The molecule has 134 valence electrons. The van der Waals surface area contributed by atoms with Crippen molar-refractivity contribution < 1.29 is 14.3 Å². The van der Waals surface area contributed by atoms with Crippen LogP contribution in [0, 0.1) is 13.8 Å². The molecule has 5 heteroatoms. The normalized spacial score (nSPS) is 21.2. The molecule has 25 heavy (non-hydrogen) atoms. The van der Waals surface area contributed by atoms with Crippen LogP contribution in [-0.2, 0) is 14.3 Å². The summed E-state index contributed by atoms with van der Waals surface area (Å²) in [6.45, 7) is 9.22. The molecule has 0 aliphatic carbocycles. The fourth-order valence-electron chi connectivity index (χ4n) is 3.21. The van der Waals surface area contributed by atoms with Gasteiger partial charge in [-0.25, -0.2) is 0 Å². The van der Waals surface area contributed by atoms with Crippen molar-refractivity contribution in [3.63, 3.8) is 0 Å². The average Bonchev–Trinajstić information content (AvgIpc) is 3.13. The molecule has 2 heterocycles. The Hall–Kier alpha value is -1.59. The predicted octanol–water partition coefficient (Wildman–Crippen LogP) is 3.70. The zero-order chi connectivity index (χ0) is 18.1. The topological polar surface area (TPSA) is 46.6 Å². The number of hydrogen-bond donors (Lipinski definition) is 0. The number of aryl methyl sites for hydroxylation is 2. The van der Waals surface area contributed by atoms with Crippen LogP contribution in [0.15, 0.2) is 23.1 Å². The highest BCUT2D eigenvalue weighted by molar-refractivity contribution is 8.04. The van der Waals surface area contributed by atoms with Crippen LogP contribution in [0.4, 0.5) is 0 Å². The summed E-state index contributed by atoms with van der Waals surface area (Å²) in [5, 5.41) is 0.232. The molecule has 1 saturated heterocycles. The highest BCUT2D eigenvalue weighted by Gasteiger charge is 2.41. The Kier molecular flexibility index (Phi) is 5.35. The quantitative estimate of drug-likeness (QED) is 0.752. The van der Waals surface area contributed by atoms with E-state index in [0.29, 0.717) is 23.6 Å². The third-order valence-corrected chi connectivity index (χ3v) is 5.77. The van der Waals surface area contributed by atoms with E-state index < -0.39 is 0 Å². The Morgan fingerprint density at radius 1 is 1.20 bits per heavy atom. The third-order valence-electron chi connectivity index (χ3n) is 4.68. The number of rotatable bonds is 5. The Labute approximate surface area is 153 Å². The maximum Gasteiger partial charge on any atom is 0.268 e. The smallest absolute Gasteiger partial charge is 0.268 e. The molecule has 0 aromatic heterocycles. The predicted molar refractivity (Wildman–Crippen MR) is 101 cm³/mol. The molecule has 0 radical (unpaired) electrons. The van der Waals surface area contributed by atoms with Gasteiger partial charge in [0.25, 0.3) is 11.8 Å². The number of benzene rings is 1. The first kappa shape index (κ1) is 18.2. The number of ether oxygens (including phenoxy) is 1. The standard InChI is InChI=1S/C20H25NO3S/c1-12(2)25-18-17(15-8-7-13(3)14(4)10-15)19(22)21(20(18)23)11-16-6-5-9-24-16/h7-8,10,12,16H,5-6,9,11H2,1-4H3. The van der Waals surface area contributed by atoms with E-state index >= 15 is 0 Å². The van der Waals surface area contributed by atoms with Crippen molar-refractivity contribution in [1.82, 2.24) is 4.90 Å². The maximum atomic E-state index is 13.1. The molecule has 0 bridgehead atoms. The van der Waals surface area contributed by atoms with Gasteiger partial charge in [-0.3, -0.25) is 14.5 Å².